The molecule has 0 bridgehead atoms. The van der Waals surface area contributed by atoms with Gasteiger partial charge in [0.1, 0.15) is 0 Å². The fourth-order valence-electron chi connectivity index (χ4n) is 10.7. The van der Waals surface area contributed by atoms with Crippen molar-refractivity contribution in [2.45, 2.75) is 27.7 Å². The second kappa shape index (κ2) is 12.8. The number of nitrogens with zero attached hydrogens (tertiary/aromatic N) is 4. The van der Waals surface area contributed by atoms with Gasteiger partial charge in [0.15, 0.2) is 0 Å². The predicted octanol–water partition coefficient (Wildman–Crippen LogP) is 16.2. The van der Waals surface area contributed by atoms with Crippen LogP contribution in [0.2, 0.25) is 0 Å². The molecule has 0 atom stereocenters. The molecule has 4 nitrogen and oxygen atoms in total. The molecule has 0 saturated carbocycles. The predicted molar refractivity (Wildman–Crippen MR) is 264 cm³/mol. The van der Waals surface area contributed by atoms with Gasteiger partial charge in [-0.05, 0) is 123 Å². The maximum atomic E-state index is 2.54. The Labute approximate surface area is 359 Å². The lowest BCUT2D eigenvalue weighted by Crippen LogP contribution is -2.12. The number of para-hydroxylation sites is 4. The molecule has 0 aliphatic heterocycles. The highest BCUT2D eigenvalue weighted by Crippen LogP contribution is 2.51. The van der Waals surface area contributed by atoms with Crippen LogP contribution in [-0.4, -0.2) is 8.80 Å². The van der Waals surface area contributed by atoms with Crippen LogP contribution in [0.1, 0.15) is 22.3 Å². The first-order valence-corrected chi connectivity index (χ1v) is 21.6. The van der Waals surface area contributed by atoms with Crippen molar-refractivity contribution in [2.24, 2.45) is 0 Å². The highest BCUT2D eigenvalue weighted by atomic mass is 15.2. The van der Waals surface area contributed by atoms with Gasteiger partial charge in [-0.2, -0.15) is 0 Å². The van der Waals surface area contributed by atoms with Crippen LogP contribution in [0.25, 0.3) is 76.2 Å². The monoisotopic (exact) mass is 794 g/mol. The number of fused-ring (bicyclic) bond motifs is 12. The highest BCUT2D eigenvalue weighted by molar-refractivity contribution is 6.32. The van der Waals surface area contributed by atoms with Crippen molar-refractivity contribution in [3.05, 3.63) is 204 Å². The Morgan fingerprint density at radius 2 is 0.710 bits per heavy atom. The summed E-state index contributed by atoms with van der Waals surface area (Å²) in [6.45, 7) is 8.82. The minimum Gasteiger partial charge on any atom is -0.310 e. The second-order valence-electron chi connectivity index (χ2n) is 17.2. The van der Waals surface area contributed by atoms with Crippen LogP contribution >= 0.6 is 0 Å². The minimum absolute atomic E-state index is 1.14. The summed E-state index contributed by atoms with van der Waals surface area (Å²) in [6, 6.07) is 67.6. The third-order valence-corrected chi connectivity index (χ3v) is 13.5. The molecule has 0 aliphatic carbocycles. The lowest BCUT2D eigenvalue weighted by Gasteiger charge is -2.28. The van der Waals surface area contributed by atoms with Crippen molar-refractivity contribution in [3.8, 4) is 0 Å². The molecule has 0 radical (unpaired) electrons. The topological polar surface area (TPSA) is 15.3 Å². The molecule has 62 heavy (non-hydrogen) atoms. The Bertz CT molecular complexity index is 3650. The van der Waals surface area contributed by atoms with Gasteiger partial charge in [-0.15, -0.1) is 0 Å². The minimum atomic E-state index is 1.14. The van der Waals surface area contributed by atoms with Crippen LogP contribution in [0.5, 0.6) is 0 Å². The van der Waals surface area contributed by atoms with Crippen molar-refractivity contribution in [1.29, 1.82) is 0 Å². The largest absolute Gasteiger partial charge is 0.310 e. The molecule has 9 aromatic carbocycles. The summed E-state index contributed by atoms with van der Waals surface area (Å²) in [5.41, 5.74) is 19.4. The summed E-state index contributed by atoms with van der Waals surface area (Å²) < 4.78 is 5.08. The van der Waals surface area contributed by atoms with Crippen molar-refractivity contribution in [2.75, 3.05) is 9.80 Å². The summed E-state index contributed by atoms with van der Waals surface area (Å²) in [7, 11) is 0. The van der Waals surface area contributed by atoms with Crippen LogP contribution in [-0.2, 0) is 0 Å². The first-order valence-electron chi connectivity index (χ1n) is 21.6. The maximum Gasteiger partial charge on any atom is 0.0641 e. The molecule has 0 saturated heterocycles. The number of aryl methyl sites for hydroxylation is 4. The van der Waals surface area contributed by atoms with E-state index in [9.17, 15) is 0 Å². The van der Waals surface area contributed by atoms with E-state index in [2.05, 4.69) is 228 Å². The number of hydrogen-bond acceptors (Lipinski definition) is 2. The summed E-state index contributed by atoms with van der Waals surface area (Å²) in [5, 5.41) is 10.1. The number of rotatable bonds is 6. The lowest BCUT2D eigenvalue weighted by molar-refractivity contribution is 1.25. The average molecular weight is 795 g/mol. The van der Waals surface area contributed by atoms with E-state index in [4.69, 9.17) is 0 Å². The maximum absolute atomic E-state index is 2.54. The molecular weight excluding hydrogens is 753 g/mol. The molecule has 0 amide bonds. The van der Waals surface area contributed by atoms with Crippen molar-refractivity contribution < 1.29 is 0 Å². The molecule has 0 fully saturated rings. The number of benzene rings is 9. The zero-order valence-corrected chi connectivity index (χ0v) is 35.1. The number of hydrogen-bond donors (Lipinski definition) is 0. The van der Waals surface area contributed by atoms with Crippen molar-refractivity contribution in [3.63, 3.8) is 0 Å². The van der Waals surface area contributed by atoms with E-state index in [1.807, 2.05) is 0 Å². The smallest absolute Gasteiger partial charge is 0.0641 e. The van der Waals surface area contributed by atoms with E-state index in [-0.39, 0.29) is 0 Å². The molecule has 4 heteroatoms. The zero-order valence-electron chi connectivity index (χ0n) is 35.1. The van der Waals surface area contributed by atoms with E-state index < -0.39 is 0 Å². The molecule has 0 spiro atoms. The molecule has 4 heterocycles. The molecule has 0 aliphatic rings. The van der Waals surface area contributed by atoms with Gasteiger partial charge in [-0.25, -0.2) is 0 Å². The van der Waals surface area contributed by atoms with Gasteiger partial charge in [-0.1, -0.05) is 109 Å². The lowest BCUT2D eigenvalue weighted by atomic mass is 10.0. The second-order valence-corrected chi connectivity index (χ2v) is 17.2. The fraction of sp³-hybridized carbons (Fsp3) is 0.0690. The van der Waals surface area contributed by atoms with Crippen LogP contribution in [0, 0.1) is 27.7 Å². The summed E-state index contributed by atoms with van der Waals surface area (Å²) in [5.74, 6) is 0. The Morgan fingerprint density at radius 1 is 0.306 bits per heavy atom. The fourth-order valence-corrected chi connectivity index (χ4v) is 10.7. The summed E-state index contributed by atoms with van der Waals surface area (Å²) in [4.78, 5) is 4.93. The highest BCUT2D eigenvalue weighted by Gasteiger charge is 2.28. The van der Waals surface area contributed by atoms with E-state index in [1.165, 1.54) is 121 Å². The number of aromatic nitrogens is 2. The van der Waals surface area contributed by atoms with E-state index in [0.29, 0.717) is 0 Å². The zero-order chi connectivity index (χ0) is 41.4. The van der Waals surface area contributed by atoms with E-state index in [1.54, 1.807) is 0 Å². The Morgan fingerprint density at radius 3 is 1.15 bits per heavy atom. The van der Waals surface area contributed by atoms with Crippen molar-refractivity contribution >= 4 is 110 Å². The molecule has 294 valence electrons. The summed E-state index contributed by atoms with van der Waals surface area (Å²) >= 11 is 0. The molecule has 13 rings (SSSR count). The normalized spacial score (nSPS) is 12.2. The Hall–Kier alpha value is -7.82. The van der Waals surface area contributed by atoms with Gasteiger partial charge < -0.3 is 18.6 Å². The Balaban J connectivity index is 1.13. The van der Waals surface area contributed by atoms with Gasteiger partial charge in [0.25, 0.3) is 0 Å². The standard InChI is InChI=1S/C58H42N4/c1-35-23-25-37(3)51(31-35)59(39-15-7-5-8-16-39)49-29-27-41-45-33-54-46(34-53(45)61-47-21-13-11-19-43(47)55(49)57(41)61)42-28-30-50(56-44-20-12-14-22-48(44)62(54)58(42)56)60(40-17-9-6-10-18-40)52-32-36(2)24-26-38(52)4/h5-34H,1-4H3. The quantitative estimate of drug-likeness (QED) is 0.167. The van der Waals surface area contributed by atoms with Gasteiger partial charge >= 0.3 is 0 Å². The molecule has 0 unspecified atom stereocenters. The van der Waals surface area contributed by atoms with Gasteiger partial charge in [0, 0.05) is 65.8 Å². The third kappa shape index (κ3) is 4.72. The Kier molecular flexibility index (Phi) is 7.25. The molecular formula is C58H42N4. The van der Waals surface area contributed by atoms with Crippen LogP contribution in [0.4, 0.5) is 34.1 Å². The van der Waals surface area contributed by atoms with Gasteiger partial charge in [0.2, 0.25) is 0 Å². The molecule has 13 aromatic rings. The van der Waals surface area contributed by atoms with E-state index >= 15 is 0 Å². The first-order chi connectivity index (χ1) is 30.4. The number of anilines is 6. The molecule has 4 aromatic heterocycles. The van der Waals surface area contributed by atoms with Gasteiger partial charge in [0.05, 0.1) is 44.5 Å². The SMILES string of the molecule is Cc1ccc(C)c(N(c2ccccc2)c2ccc3c4cc5c(cc4n4c6ccccc6c2c34)c2ccc(N(c3ccccc3)c3cc(C)ccc3C)c3c4ccccc4n5c23)c1. The summed E-state index contributed by atoms with van der Waals surface area (Å²) in [6.07, 6.45) is 0. The van der Waals surface area contributed by atoms with Crippen LogP contribution in [0.15, 0.2) is 182 Å². The van der Waals surface area contributed by atoms with Crippen LogP contribution < -0.4 is 9.80 Å². The molecule has 0 N–H and O–H groups in total. The van der Waals surface area contributed by atoms with Gasteiger partial charge in [-0.3, -0.25) is 0 Å². The van der Waals surface area contributed by atoms with E-state index in [0.717, 1.165) is 11.4 Å². The van der Waals surface area contributed by atoms with Crippen molar-refractivity contribution in [1.82, 2.24) is 8.80 Å². The third-order valence-electron chi connectivity index (χ3n) is 13.5. The average Bonchev–Trinajstić information content (AvgIpc) is 4.03. The van der Waals surface area contributed by atoms with Crippen LogP contribution in [0.3, 0.4) is 0 Å². The first kappa shape index (κ1) is 35.0.